The molecule has 4 nitrogen and oxygen atoms in total. The summed E-state index contributed by atoms with van der Waals surface area (Å²) in [5, 5.41) is 3.49. The van der Waals surface area contributed by atoms with E-state index in [1.54, 1.807) is 12.1 Å². The minimum atomic E-state index is -0.270. The summed E-state index contributed by atoms with van der Waals surface area (Å²) in [7, 11) is 1.85. The van der Waals surface area contributed by atoms with Gasteiger partial charge in [-0.15, -0.1) is 24.8 Å². The van der Waals surface area contributed by atoms with Crippen LogP contribution < -0.4 is 5.32 Å². The largest absolute Gasteiger partial charge is 0.340 e. The molecule has 1 fully saturated rings. The average Bonchev–Trinajstić information content (AvgIpc) is 2.51. The molecule has 0 saturated carbocycles. The Kier molecular flexibility index (Phi) is 10.8. The summed E-state index contributed by atoms with van der Waals surface area (Å²) in [6.07, 6.45) is 0. The summed E-state index contributed by atoms with van der Waals surface area (Å²) in [4.78, 5) is 16.3. The van der Waals surface area contributed by atoms with Crippen LogP contribution in [0.15, 0.2) is 18.2 Å². The number of hydrogen-bond acceptors (Lipinski definition) is 3. The number of nitrogens with zero attached hydrogens (tertiary/aromatic N) is 2. The number of halogens is 4. The van der Waals surface area contributed by atoms with E-state index in [2.05, 4.69) is 10.2 Å². The minimum Gasteiger partial charge on any atom is -0.340 e. The molecule has 1 amide bonds. The van der Waals surface area contributed by atoms with Crippen molar-refractivity contribution in [3.8, 4) is 0 Å². The summed E-state index contributed by atoms with van der Waals surface area (Å²) in [5.74, 6) is -0.107. The summed E-state index contributed by atoms with van der Waals surface area (Å²) < 4.78 is 13.8. The molecule has 1 aromatic carbocycles. The maximum absolute atomic E-state index is 13.8. The van der Waals surface area contributed by atoms with Crippen molar-refractivity contribution < 1.29 is 9.18 Å². The number of nitrogens with one attached hydrogen (secondary N) is 1. The van der Waals surface area contributed by atoms with Crippen LogP contribution in [0.2, 0.25) is 5.02 Å². The summed E-state index contributed by atoms with van der Waals surface area (Å²) in [6.45, 7) is 5.94. The summed E-state index contributed by atoms with van der Waals surface area (Å²) in [6, 6.07) is 4.75. The van der Waals surface area contributed by atoms with Gasteiger partial charge in [-0.05, 0) is 19.2 Å². The molecule has 1 aliphatic rings. The Morgan fingerprint density at radius 2 is 1.92 bits per heavy atom. The van der Waals surface area contributed by atoms with Crippen molar-refractivity contribution in [2.24, 2.45) is 5.92 Å². The minimum absolute atomic E-state index is 0. The van der Waals surface area contributed by atoms with Crippen molar-refractivity contribution in [1.82, 2.24) is 15.1 Å². The average molecular weight is 401 g/mol. The Labute approximate surface area is 160 Å². The molecule has 8 heteroatoms. The Hall–Kier alpha value is -0.590. The monoisotopic (exact) mass is 399 g/mol. The van der Waals surface area contributed by atoms with Gasteiger partial charge in [0.25, 0.3) is 0 Å². The topological polar surface area (TPSA) is 35.6 Å². The Morgan fingerprint density at radius 1 is 1.29 bits per heavy atom. The maximum atomic E-state index is 13.8. The first-order chi connectivity index (χ1) is 10.5. The van der Waals surface area contributed by atoms with Gasteiger partial charge in [0, 0.05) is 55.8 Å². The predicted octanol–water partition coefficient (Wildman–Crippen LogP) is 2.82. The smallest absolute Gasteiger partial charge is 0.226 e. The van der Waals surface area contributed by atoms with Gasteiger partial charge in [-0.3, -0.25) is 9.69 Å². The SMILES string of the molecule is CNCC(C)C(=O)N1CCN(Cc2c(F)cccc2Cl)CC1.Cl.Cl. The second-order valence-corrected chi connectivity index (χ2v) is 6.17. The highest BCUT2D eigenvalue weighted by Crippen LogP contribution is 2.21. The quantitative estimate of drug-likeness (QED) is 0.825. The summed E-state index contributed by atoms with van der Waals surface area (Å²) in [5.41, 5.74) is 0.535. The van der Waals surface area contributed by atoms with E-state index < -0.39 is 0 Å². The maximum Gasteiger partial charge on any atom is 0.226 e. The molecule has 2 rings (SSSR count). The highest BCUT2D eigenvalue weighted by atomic mass is 35.5. The second kappa shape index (κ2) is 11.1. The van der Waals surface area contributed by atoms with Crippen molar-refractivity contribution >= 4 is 42.3 Å². The fourth-order valence-electron chi connectivity index (χ4n) is 2.74. The Bertz CT molecular complexity index is 505. The number of hydrogen-bond donors (Lipinski definition) is 1. The zero-order valence-electron chi connectivity index (χ0n) is 13.9. The lowest BCUT2D eigenvalue weighted by Crippen LogP contribution is -2.50. The van der Waals surface area contributed by atoms with Gasteiger partial charge in [0.05, 0.1) is 0 Å². The molecular formula is C16H25Cl3FN3O. The molecule has 0 spiro atoms. The molecule has 0 aromatic heterocycles. The molecule has 1 unspecified atom stereocenters. The van der Waals surface area contributed by atoms with E-state index in [9.17, 15) is 9.18 Å². The lowest BCUT2D eigenvalue weighted by atomic mass is 10.1. The van der Waals surface area contributed by atoms with Crippen LogP contribution in [-0.4, -0.2) is 55.5 Å². The first-order valence-corrected chi connectivity index (χ1v) is 7.99. The zero-order chi connectivity index (χ0) is 16.1. The van der Waals surface area contributed by atoms with Gasteiger partial charge < -0.3 is 10.2 Å². The van der Waals surface area contributed by atoms with Crippen LogP contribution in [0.3, 0.4) is 0 Å². The van der Waals surface area contributed by atoms with Gasteiger partial charge in [-0.2, -0.15) is 0 Å². The van der Waals surface area contributed by atoms with Crippen molar-refractivity contribution in [3.05, 3.63) is 34.6 Å². The Morgan fingerprint density at radius 3 is 2.46 bits per heavy atom. The number of amides is 1. The third-order valence-electron chi connectivity index (χ3n) is 4.06. The van der Waals surface area contributed by atoms with Crippen LogP contribution in [0.25, 0.3) is 0 Å². The number of carbonyl (C=O) groups excluding carboxylic acids is 1. The van der Waals surface area contributed by atoms with Crippen molar-refractivity contribution in [1.29, 1.82) is 0 Å². The lowest BCUT2D eigenvalue weighted by Gasteiger charge is -2.36. The number of benzene rings is 1. The molecule has 0 radical (unpaired) electrons. The van der Waals surface area contributed by atoms with E-state index in [1.807, 2.05) is 18.9 Å². The first kappa shape index (κ1) is 23.4. The van der Waals surface area contributed by atoms with Crippen molar-refractivity contribution in [2.75, 3.05) is 39.8 Å². The molecular weight excluding hydrogens is 376 g/mol. The van der Waals surface area contributed by atoms with E-state index in [0.29, 0.717) is 36.8 Å². The van der Waals surface area contributed by atoms with Gasteiger partial charge in [-0.25, -0.2) is 4.39 Å². The number of carbonyl (C=O) groups is 1. The molecule has 0 aliphatic carbocycles. The van der Waals surface area contributed by atoms with Crippen LogP contribution in [-0.2, 0) is 11.3 Å². The summed E-state index contributed by atoms with van der Waals surface area (Å²) >= 11 is 6.07. The van der Waals surface area contributed by atoms with E-state index >= 15 is 0 Å². The van der Waals surface area contributed by atoms with E-state index in [1.165, 1.54) is 6.07 Å². The van der Waals surface area contributed by atoms with Crippen LogP contribution in [0.1, 0.15) is 12.5 Å². The normalized spacial score (nSPS) is 16.1. The Balaban J connectivity index is 0.00000264. The molecule has 1 aliphatic heterocycles. The molecule has 1 aromatic rings. The molecule has 24 heavy (non-hydrogen) atoms. The number of piperazine rings is 1. The van der Waals surface area contributed by atoms with Gasteiger partial charge in [0.15, 0.2) is 0 Å². The second-order valence-electron chi connectivity index (χ2n) is 5.76. The highest BCUT2D eigenvalue weighted by molar-refractivity contribution is 6.31. The van der Waals surface area contributed by atoms with Crippen LogP contribution in [0.5, 0.6) is 0 Å². The van der Waals surface area contributed by atoms with E-state index in [-0.39, 0.29) is 42.5 Å². The lowest BCUT2D eigenvalue weighted by molar-refractivity contribution is -0.136. The van der Waals surface area contributed by atoms with Gasteiger partial charge in [0.1, 0.15) is 5.82 Å². The van der Waals surface area contributed by atoms with Gasteiger partial charge in [-0.1, -0.05) is 24.6 Å². The van der Waals surface area contributed by atoms with Crippen molar-refractivity contribution in [3.63, 3.8) is 0 Å². The fraction of sp³-hybridized carbons (Fsp3) is 0.562. The van der Waals surface area contributed by atoms with Gasteiger partial charge in [0.2, 0.25) is 5.91 Å². The van der Waals surface area contributed by atoms with Crippen LogP contribution >= 0.6 is 36.4 Å². The third-order valence-corrected chi connectivity index (χ3v) is 4.41. The molecule has 138 valence electrons. The molecule has 0 bridgehead atoms. The number of rotatable bonds is 5. The molecule has 1 saturated heterocycles. The third kappa shape index (κ3) is 6.05. The molecule has 1 heterocycles. The molecule has 1 atom stereocenters. The highest BCUT2D eigenvalue weighted by Gasteiger charge is 2.25. The predicted molar refractivity (Wildman–Crippen MR) is 101 cm³/mol. The van der Waals surface area contributed by atoms with Crippen LogP contribution in [0, 0.1) is 11.7 Å². The first-order valence-electron chi connectivity index (χ1n) is 7.61. The standard InChI is InChI=1S/C16H23ClFN3O.2ClH/c1-12(10-19-2)16(22)21-8-6-20(7-9-21)11-13-14(17)4-3-5-15(13)18;;/h3-5,12,19H,6-11H2,1-2H3;2*1H. The zero-order valence-corrected chi connectivity index (χ0v) is 16.3. The van der Waals surface area contributed by atoms with Gasteiger partial charge >= 0.3 is 0 Å². The van der Waals surface area contributed by atoms with Crippen LogP contribution in [0.4, 0.5) is 4.39 Å². The van der Waals surface area contributed by atoms with E-state index in [4.69, 9.17) is 11.6 Å². The van der Waals surface area contributed by atoms with Crippen molar-refractivity contribution in [2.45, 2.75) is 13.5 Å². The van der Waals surface area contributed by atoms with E-state index in [0.717, 1.165) is 13.1 Å². The fourth-order valence-corrected chi connectivity index (χ4v) is 2.96. The molecule has 1 N–H and O–H groups in total.